The van der Waals surface area contributed by atoms with Gasteiger partial charge >= 0.3 is 0 Å². The molecule has 15 heavy (non-hydrogen) atoms. The van der Waals surface area contributed by atoms with Crippen LogP contribution in [0.3, 0.4) is 0 Å². The van der Waals surface area contributed by atoms with Gasteiger partial charge in [0.2, 0.25) is 0 Å². The van der Waals surface area contributed by atoms with Crippen molar-refractivity contribution in [1.82, 2.24) is 14.8 Å². The second-order valence-corrected chi connectivity index (χ2v) is 3.09. The second-order valence-electron chi connectivity index (χ2n) is 3.09. The van der Waals surface area contributed by atoms with Gasteiger partial charge in [-0.15, -0.1) is 0 Å². The average Bonchev–Trinajstić information content (AvgIpc) is 2.73. The van der Waals surface area contributed by atoms with Gasteiger partial charge in [-0.25, -0.2) is 0 Å². The fourth-order valence-electron chi connectivity index (χ4n) is 1.39. The summed E-state index contributed by atoms with van der Waals surface area (Å²) in [6.07, 6.45) is 5.15. The van der Waals surface area contributed by atoms with Gasteiger partial charge in [0, 0.05) is 30.7 Å². The average molecular weight is 198 g/mol. The van der Waals surface area contributed by atoms with Gasteiger partial charge in [-0.1, -0.05) is 0 Å². The van der Waals surface area contributed by atoms with Crippen molar-refractivity contribution in [2.75, 3.05) is 0 Å². The summed E-state index contributed by atoms with van der Waals surface area (Å²) < 4.78 is 1.76. The Bertz CT molecular complexity index is 493. The maximum Gasteiger partial charge on any atom is 0.110 e. The summed E-state index contributed by atoms with van der Waals surface area (Å²) in [7, 11) is 0. The highest BCUT2D eigenvalue weighted by atomic mass is 15.3. The SMILES string of the molecule is CCn1cc(C#N)c(-c2ccncc2)n1. The van der Waals surface area contributed by atoms with Crippen LogP contribution in [0.1, 0.15) is 12.5 Å². The number of aryl methyl sites for hydroxylation is 1. The standard InChI is InChI=1S/C11H10N4/c1-2-15-8-10(7-12)11(14-15)9-3-5-13-6-4-9/h3-6,8H,2H2,1H3. The summed E-state index contributed by atoms with van der Waals surface area (Å²) in [6, 6.07) is 5.85. The topological polar surface area (TPSA) is 54.5 Å². The zero-order valence-electron chi connectivity index (χ0n) is 8.38. The molecule has 0 aliphatic carbocycles. The Morgan fingerprint density at radius 2 is 2.13 bits per heavy atom. The van der Waals surface area contributed by atoms with Crippen molar-refractivity contribution in [3.8, 4) is 17.3 Å². The van der Waals surface area contributed by atoms with Gasteiger partial charge in [0.1, 0.15) is 11.8 Å². The maximum atomic E-state index is 8.97. The van der Waals surface area contributed by atoms with Crippen molar-refractivity contribution in [3.63, 3.8) is 0 Å². The summed E-state index contributed by atoms with van der Waals surface area (Å²) in [4.78, 5) is 3.94. The minimum atomic E-state index is 0.600. The van der Waals surface area contributed by atoms with E-state index in [9.17, 15) is 0 Å². The first-order valence-corrected chi connectivity index (χ1v) is 4.73. The van der Waals surface area contributed by atoms with Gasteiger partial charge in [-0.2, -0.15) is 10.4 Å². The van der Waals surface area contributed by atoms with Crippen LogP contribution in [0, 0.1) is 11.3 Å². The molecule has 0 saturated heterocycles. The largest absolute Gasteiger partial charge is 0.271 e. The van der Waals surface area contributed by atoms with Gasteiger partial charge in [0.05, 0.1) is 5.56 Å². The summed E-state index contributed by atoms with van der Waals surface area (Å²) in [5, 5.41) is 13.3. The number of rotatable bonds is 2. The number of hydrogen-bond acceptors (Lipinski definition) is 3. The summed E-state index contributed by atoms with van der Waals surface area (Å²) in [5.74, 6) is 0. The Hall–Kier alpha value is -2.15. The Balaban J connectivity index is 2.53. The van der Waals surface area contributed by atoms with Crippen LogP contribution in [-0.4, -0.2) is 14.8 Å². The molecule has 2 aromatic rings. The number of nitriles is 1. The lowest BCUT2D eigenvalue weighted by atomic mass is 10.1. The molecular weight excluding hydrogens is 188 g/mol. The van der Waals surface area contributed by atoms with E-state index in [2.05, 4.69) is 16.2 Å². The first kappa shape index (κ1) is 9.41. The van der Waals surface area contributed by atoms with E-state index in [-0.39, 0.29) is 0 Å². The first-order chi connectivity index (χ1) is 7.35. The van der Waals surface area contributed by atoms with E-state index in [1.165, 1.54) is 0 Å². The van der Waals surface area contributed by atoms with Gasteiger partial charge < -0.3 is 0 Å². The van der Waals surface area contributed by atoms with Crippen molar-refractivity contribution >= 4 is 0 Å². The minimum absolute atomic E-state index is 0.600. The van der Waals surface area contributed by atoms with E-state index in [1.54, 1.807) is 23.3 Å². The maximum absolute atomic E-state index is 8.97. The third-order valence-electron chi connectivity index (χ3n) is 2.16. The molecule has 2 aromatic heterocycles. The predicted octanol–water partition coefficient (Wildman–Crippen LogP) is 1.84. The quantitative estimate of drug-likeness (QED) is 0.739. The Labute approximate surface area is 87.8 Å². The molecule has 4 heteroatoms. The molecule has 0 unspecified atom stereocenters. The van der Waals surface area contributed by atoms with E-state index in [4.69, 9.17) is 5.26 Å². The minimum Gasteiger partial charge on any atom is -0.271 e. The molecule has 0 aromatic carbocycles. The first-order valence-electron chi connectivity index (χ1n) is 4.73. The molecule has 0 spiro atoms. The zero-order chi connectivity index (χ0) is 10.7. The van der Waals surface area contributed by atoms with Crippen LogP contribution in [0.2, 0.25) is 0 Å². The van der Waals surface area contributed by atoms with Gasteiger partial charge in [0.25, 0.3) is 0 Å². The third kappa shape index (κ3) is 1.72. The highest BCUT2D eigenvalue weighted by molar-refractivity contribution is 5.65. The van der Waals surface area contributed by atoms with Crippen LogP contribution < -0.4 is 0 Å². The summed E-state index contributed by atoms with van der Waals surface area (Å²) in [5.41, 5.74) is 2.25. The van der Waals surface area contributed by atoms with Crippen molar-refractivity contribution in [1.29, 1.82) is 5.26 Å². The Morgan fingerprint density at radius 3 is 2.73 bits per heavy atom. The lowest BCUT2D eigenvalue weighted by Crippen LogP contribution is -1.93. The van der Waals surface area contributed by atoms with Crippen molar-refractivity contribution in [2.24, 2.45) is 0 Å². The fraction of sp³-hybridized carbons (Fsp3) is 0.182. The lowest BCUT2D eigenvalue weighted by molar-refractivity contribution is 0.662. The Kier molecular flexibility index (Phi) is 2.46. The molecular formula is C11H10N4. The van der Waals surface area contributed by atoms with E-state index >= 15 is 0 Å². The third-order valence-corrected chi connectivity index (χ3v) is 2.16. The number of hydrogen-bond donors (Lipinski definition) is 0. The van der Waals surface area contributed by atoms with Crippen LogP contribution in [0.4, 0.5) is 0 Å². The van der Waals surface area contributed by atoms with Crippen molar-refractivity contribution < 1.29 is 0 Å². The van der Waals surface area contributed by atoms with Crippen LogP contribution in [0.5, 0.6) is 0 Å². The molecule has 0 bridgehead atoms. The smallest absolute Gasteiger partial charge is 0.110 e. The summed E-state index contributed by atoms with van der Waals surface area (Å²) >= 11 is 0. The highest BCUT2D eigenvalue weighted by Crippen LogP contribution is 2.20. The van der Waals surface area contributed by atoms with Gasteiger partial charge in [-0.3, -0.25) is 9.67 Å². The molecule has 0 aliphatic rings. The molecule has 0 amide bonds. The summed E-state index contributed by atoms with van der Waals surface area (Å²) in [6.45, 7) is 2.75. The Morgan fingerprint density at radius 1 is 1.40 bits per heavy atom. The molecule has 2 rings (SSSR count). The van der Waals surface area contributed by atoms with Crippen LogP contribution in [0.25, 0.3) is 11.3 Å². The van der Waals surface area contributed by atoms with Crippen LogP contribution in [-0.2, 0) is 6.54 Å². The van der Waals surface area contributed by atoms with Crippen molar-refractivity contribution in [3.05, 3.63) is 36.3 Å². The zero-order valence-corrected chi connectivity index (χ0v) is 8.38. The predicted molar refractivity (Wildman–Crippen MR) is 55.8 cm³/mol. The molecule has 0 atom stereocenters. The van der Waals surface area contributed by atoms with Crippen LogP contribution in [0.15, 0.2) is 30.7 Å². The lowest BCUT2D eigenvalue weighted by Gasteiger charge is -1.95. The van der Waals surface area contributed by atoms with E-state index in [0.717, 1.165) is 17.8 Å². The number of pyridine rings is 1. The fourth-order valence-corrected chi connectivity index (χ4v) is 1.39. The molecule has 2 heterocycles. The van der Waals surface area contributed by atoms with Gasteiger partial charge in [0.15, 0.2) is 0 Å². The normalized spacial score (nSPS) is 9.87. The highest BCUT2D eigenvalue weighted by Gasteiger charge is 2.09. The van der Waals surface area contributed by atoms with Crippen molar-refractivity contribution in [2.45, 2.75) is 13.5 Å². The molecule has 0 fully saturated rings. The molecule has 74 valence electrons. The molecule has 0 N–H and O–H groups in total. The van der Waals surface area contributed by atoms with E-state index in [1.807, 2.05) is 19.1 Å². The second kappa shape index (κ2) is 3.93. The molecule has 4 nitrogen and oxygen atoms in total. The van der Waals surface area contributed by atoms with E-state index in [0.29, 0.717) is 5.56 Å². The number of nitrogens with zero attached hydrogens (tertiary/aromatic N) is 4. The molecule has 0 radical (unpaired) electrons. The molecule has 0 aliphatic heterocycles. The van der Waals surface area contributed by atoms with Crippen LogP contribution >= 0.6 is 0 Å². The molecule has 0 saturated carbocycles. The van der Waals surface area contributed by atoms with Gasteiger partial charge in [-0.05, 0) is 19.1 Å². The monoisotopic (exact) mass is 198 g/mol. The number of aromatic nitrogens is 3. The van der Waals surface area contributed by atoms with E-state index < -0.39 is 0 Å².